The maximum absolute atomic E-state index is 13.9. The lowest BCUT2D eigenvalue weighted by molar-refractivity contribution is -0.122. The summed E-state index contributed by atoms with van der Waals surface area (Å²) in [6.07, 6.45) is 5.21. The van der Waals surface area contributed by atoms with Crippen molar-refractivity contribution in [2.75, 3.05) is 18.1 Å². The lowest BCUT2D eigenvalue weighted by atomic mass is 9.69. The lowest BCUT2D eigenvalue weighted by Gasteiger charge is -2.31. The van der Waals surface area contributed by atoms with Crippen LogP contribution in [0.3, 0.4) is 0 Å². The molecule has 1 N–H and O–H groups in total. The Labute approximate surface area is 272 Å². The standard InChI is InChI=1S/C38H33ClN2O5/c39-32-21-28(42)16-14-24(32)19-25(33-13-7-8-18-40-33)15-17-34-35-26(22-45-29-11-5-2-6-12-29)20-30-36(31(35)23-46-34)38(44)41(37(30)43)27-9-3-1-4-10-27/h1-14,16,18-19,21,30-31,34,36,42H,15,17,20,22-23H2/b25-19-/t30-,31+,34-,36-/m1/s1. The van der Waals surface area contributed by atoms with Gasteiger partial charge in [0.2, 0.25) is 11.8 Å². The van der Waals surface area contributed by atoms with Gasteiger partial charge in [-0.15, -0.1) is 0 Å². The van der Waals surface area contributed by atoms with E-state index in [0.717, 1.165) is 33.7 Å². The Hall–Kier alpha value is -4.72. The molecule has 7 nitrogen and oxygen atoms in total. The second kappa shape index (κ2) is 12.9. The molecule has 3 aliphatic rings. The first-order valence-corrected chi connectivity index (χ1v) is 15.9. The minimum atomic E-state index is -0.477. The molecule has 2 saturated heterocycles. The van der Waals surface area contributed by atoms with Crippen LogP contribution in [0.5, 0.6) is 11.5 Å². The number of hydrogen-bond acceptors (Lipinski definition) is 6. The summed E-state index contributed by atoms with van der Waals surface area (Å²) >= 11 is 6.48. The molecule has 0 saturated carbocycles. The number of imide groups is 1. The first-order valence-electron chi connectivity index (χ1n) is 15.5. The van der Waals surface area contributed by atoms with Gasteiger partial charge in [0.05, 0.1) is 41.0 Å². The molecule has 0 bridgehead atoms. The van der Waals surface area contributed by atoms with Crippen LogP contribution in [-0.4, -0.2) is 41.2 Å². The van der Waals surface area contributed by atoms with Crippen LogP contribution in [0.2, 0.25) is 5.02 Å². The second-order valence-corrected chi connectivity index (χ2v) is 12.3. The SMILES string of the molecule is O=C1[C@@H]2[C@@H](CC(COc3ccccc3)=C3[C@@H](CC/C(=C/c4ccc(O)cc4Cl)c4ccccn4)OC[C@@H]32)C(=O)N1c1ccccc1. The Balaban J connectivity index is 1.20. The topological polar surface area (TPSA) is 89.0 Å². The summed E-state index contributed by atoms with van der Waals surface area (Å²) in [6, 6.07) is 29.5. The normalized spacial score (nSPS) is 22.6. The molecule has 1 aromatic heterocycles. The van der Waals surface area contributed by atoms with Crippen LogP contribution >= 0.6 is 11.6 Å². The monoisotopic (exact) mass is 632 g/mol. The zero-order valence-electron chi connectivity index (χ0n) is 25.1. The molecule has 3 aromatic carbocycles. The fourth-order valence-corrected chi connectivity index (χ4v) is 7.29. The summed E-state index contributed by atoms with van der Waals surface area (Å²) in [6.45, 7) is 0.682. The number of aromatic nitrogens is 1. The molecule has 232 valence electrons. The zero-order chi connectivity index (χ0) is 31.6. The number of ether oxygens (including phenoxy) is 2. The van der Waals surface area contributed by atoms with Gasteiger partial charge in [-0.05, 0) is 102 Å². The Kier molecular flexibility index (Phi) is 8.43. The molecule has 2 amide bonds. The third kappa shape index (κ3) is 5.84. The number of amides is 2. The highest BCUT2D eigenvalue weighted by Crippen LogP contribution is 2.50. The molecule has 0 unspecified atom stereocenters. The number of para-hydroxylation sites is 2. The van der Waals surface area contributed by atoms with Gasteiger partial charge in [-0.1, -0.05) is 54.1 Å². The van der Waals surface area contributed by atoms with Crippen LogP contribution < -0.4 is 9.64 Å². The smallest absolute Gasteiger partial charge is 0.238 e. The number of hydrogen-bond donors (Lipinski definition) is 1. The molecule has 3 heterocycles. The number of halogens is 1. The summed E-state index contributed by atoms with van der Waals surface area (Å²) in [5.74, 6) is -0.620. The van der Waals surface area contributed by atoms with Crippen LogP contribution in [0.25, 0.3) is 11.6 Å². The van der Waals surface area contributed by atoms with Crippen molar-refractivity contribution in [3.05, 3.63) is 131 Å². The number of fused-ring (bicyclic) bond motifs is 3. The van der Waals surface area contributed by atoms with Gasteiger partial charge in [0.25, 0.3) is 0 Å². The minimum Gasteiger partial charge on any atom is -0.508 e. The van der Waals surface area contributed by atoms with Gasteiger partial charge in [0.15, 0.2) is 0 Å². The number of rotatable bonds is 9. The molecule has 2 aliphatic heterocycles. The highest BCUT2D eigenvalue weighted by atomic mass is 35.5. The molecule has 4 aromatic rings. The lowest BCUT2D eigenvalue weighted by Crippen LogP contribution is -2.35. The number of anilines is 1. The van der Waals surface area contributed by atoms with Crippen LogP contribution in [0, 0.1) is 17.8 Å². The molecule has 7 rings (SSSR count). The van der Waals surface area contributed by atoms with E-state index < -0.39 is 11.8 Å². The molecule has 1 aliphatic carbocycles. The number of nitrogens with zero attached hydrogens (tertiary/aromatic N) is 2. The average molecular weight is 633 g/mol. The van der Waals surface area contributed by atoms with Gasteiger partial charge in [-0.2, -0.15) is 0 Å². The van der Waals surface area contributed by atoms with Crippen molar-refractivity contribution in [1.29, 1.82) is 0 Å². The van der Waals surface area contributed by atoms with Gasteiger partial charge in [-0.25, -0.2) is 0 Å². The highest BCUT2D eigenvalue weighted by Gasteiger charge is 2.57. The summed E-state index contributed by atoms with van der Waals surface area (Å²) in [7, 11) is 0. The fourth-order valence-electron chi connectivity index (χ4n) is 7.06. The third-order valence-corrected chi connectivity index (χ3v) is 9.49. The Morgan fingerprint density at radius 3 is 2.46 bits per heavy atom. The van der Waals surface area contributed by atoms with Crippen LogP contribution in [0.4, 0.5) is 5.69 Å². The van der Waals surface area contributed by atoms with Gasteiger partial charge < -0.3 is 14.6 Å². The van der Waals surface area contributed by atoms with E-state index in [9.17, 15) is 14.7 Å². The summed E-state index contributed by atoms with van der Waals surface area (Å²) < 4.78 is 12.7. The number of carbonyl (C=O) groups excluding carboxylic acids is 2. The summed E-state index contributed by atoms with van der Waals surface area (Å²) in [5, 5.41) is 10.3. The zero-order valence-corrected chi connectivity index (χ0v) is 25.8. The fraction of sp³-hybridized carbons (Fsp3) is 0.237. The Morgan fingerprint density at radius 2 is 1.72 bits per heavy atom. The van der Waals surface area contributed by atoms with E-state index in [-0.39, 0.29) is 29.6 Å². The number of allylic oxidation sites excluding steroid dienone is 1. The van der Waals surface area contributed by atoms with Gasteiger partial charge >= 0.3 is 0 Å². The quantitative estimate of drug-likeness (QED) is 0.153. The van der Waals surface area contributed by atoms with Gasteiger partial charge in [-0.3, -0.25) is 19.5 Å². The van der Waals surface area contributed by atoms with Gasteiger partial charge in [0, 0.05) is 12.1 Å². The molecule has 2 fully saturated rings. The van der Waals surface area contributed by atoms with E-state index >= 15 is 0 Å². The molecule has 0 radical (unpaired) electrons. The van der Waals surface area contributed by atoms with Crippen LogP contribution in [-0.2, 0) is 14.3 Å². The predicted molar refractivity (Wildman–Crippen MR) is 177 cm³/mol. The van der Waals surface area contributed by atoms with Crippen molar-refractivity contribution in [2.45, 2.75) is 25.4 Å². The van der Waals surface area contributed by atoms with E-state index in [1.54, 1.807) is 30.5 Å². The molecule has 46 heavy (non-hydrogen) atoms. The van der Waals surface area contributed by atoms with Crippen molar-refractivity contribution in [3.8, 4) is 11.5 Å². The summed E-state index contributed by atoms with van der Waals surface area (Å²) in [5.41, 5.74) is 5.28. The molecular weight excluding hydrogens is 600 g/mol. The van der Waals surface area contributed by atoms with Gasteiger partial charge in [0.1, 0.15) is 18.1 Å². The third-order valence-electron chi connectivity index (χ3n) is 9.16. The van der Waals surface area contributed by atoms with Crippen molar-refractivity contribution in [3.63, 3.8) is 0 Å². The van der Waals surface area contributed by atoms with E-state index in [1.165, 1.54) is 11.0 Å². The molecule has 0 spiro atoms. The number of carbonyl (C=O) groups is 2. The molecule has 8 heteroatoms. The van der Waals surface area contributed by atoms with Crippen LogP contribution in [0.15, 0.2) is 114 Å². The number of phenols is 1. The van der Waals surface area contributed by atoms with Crippen molar-refractivity contribution >= 4 is 40.8 Å². The number of benzene rings is 3. The first kappa shape index (κ1) is 30.0. The Bertz CT molecular complexity index is 1810. The number of pyridine rings is 1. The van der Waals surface area contributed by atoms with E-state index in [4.69, 9.17) is 21.1 Å². The largest absolute Gasteiger partial charge is 0.508 e. The van der Waals surface area contributed by atoms with E-state index in [2.05, 4.69) is 4.98 Å². The number of aromatic hydroxyl groups is 1. The Morgan fingerprint density at radius 1 is 0.957 bits per heavy atom. The highest BCUT2D eigenvalue weighted by molar-refractivity contribution is 6.32. The molecular formula is C38H33ClN2O5. The van der Waals surface area contributed by atoms with Crippen molar-refractivity contribution in [1.82, 2.24) is 4.98 Å². The van der Waals surface area contributed by atoms with E-state index in [0.29, 0.717) is 43.2 Å². The number of phenolic OH excluding ortho intramolecular Hbond substituents is 1. The second-order valence-electron chi connectivity index (χ2n) is 11.9. The van der Waals surface area contributed by atoms with E-state index in [1.807, 2.05) is 72.8 Å². The minimum absolute atomic E-state index is 0.102. The first-order chi connectivity index (χ1) is 22.5. The molecule has 4 atom stereocenters. The average Bonchev–Trinajstić information content (AvgIpc) is 3.62. The van der Waals surface area contributed by atoms with Crippen molar-refractivity contribution in [2.24, 2.45) is 17.8 Å². The predicted octanol–water partition coefficient (Wildman–Crippen LogP) is 7.36. The maximum Gasteiger partial charge on any atom is 0.238 e. The summed E-state index contributed by atoms with van der Waals surface area (Å²) in [4.78, 5) is 33.7. The van der Waals surface area contributed by atoms with Crippen LogP contribution in [0.1, 0.15) is 30.5 Å². The maximum atomic E-state index is 13.9. The van der Waals surface area contributed by atoms with Crippen molar-refractivity contribution < 1.29 is 24.2 Å².